The number of nitrogens with one attached hydrogen (secondary N) is 1. The Morgan fingerprint density at radius 3 is 2.47 bits per heavy atom. The molecule has 0 aliphatic heterocycles. The second kappa shape index (κ2) is 11.2. The third kappa shape index (κ3) is 8.52. The smallest absolute Gasteiger partial charge is 0.407 e. The molecule has 5 nitrogen and oxygen atoms in total. The number of carbonyl (C=O) groups is 2. The molecule has 0 fully saturated rings. The van der Waals surface area contributed by atoms with Crippen molar-refractivity contribution in [3.8, 4) is 0 Å². The number of alkyl carbamates (subject to hydrolysis) is 1. The van der Waals surface area contributed by atoms with E-state index in [1.165, 1.54) is 6.08 Å². The minimum atomic E-state index is -0.517. The molecule has 2 rings (SSSR count). The number of benzene rings is 2. The van der Waals surface area contributed by atoms with E-state index >= 15 is 0 Å². The minimum absolute atomic E-state index is 0.254. The first kappa shape index (κ1) is 23.2. The first-order valence-electron chi connectivity index (χ1n) is 10.2. The molecule has 160 valence electrons. The number of amides is 1. The van der Waals surface area contributed by atoms with Crippen molar-refractivity contribution in [3.05, 3.63) is 76.9 Å². The molecule has 2 aromatic rings. The molecule has 0 unspecified atom stereocenters. The Hall–Kier alpha value is -3.08. The molecule has 0 atom stereocenters. The van der Waals surface area contributed by atoms with E-state index in [2.05, 4.69) is 5.32 Å². The topological polar surface area (TPSA) is 64.6 Å². The van der Waals surface area contributed by atoms with Crippen LogP contribution in [-0.2, 0) is 27.3 Å². The Morgan fingerprint density at radius 1 is 1.03 bits per heavy atom. The summed E-state index contributed by atoms with van der Waals surface area (Å²) in [7, 11) is 0. The van der Waals surface area contributed by atoms with Crippen LogP contribution in [0.15, 0.2) is 54.6 Å². The summed E-state index contributed by atoms with van der Waals surface area (Å²) in [5.74, 6) is -0.362. The van der Waals surface area contributed by atoms with Crippen LogP contribution < -0.4 is 5.32 Å². The van der Waals surface area contributed by atoms with Gasteiger partial charge in [-0.3, -0.25) is 0 Å². The maximum absolute atomic E-state index is 12.0. The van der Waals surface area contributed by atoms with Crippen LogP contribution >= 0.6 is 0 Å². The van der Waals surface area contributed by atoms with E-state index < -0.39 is 11.7 Å². The fraction of sp³-hybridized carbons (Fsp3) is 0.360. The highest BCUT2D eigenvalue weighted by Crippen LogP contribution is 2.18. The summed E-state index contributed by atoms with van der Waals surface area (Å²) in [5, 5.41) is 2.78. The van der Waals surface area contributed by atoms with Crippen molar-refractivity contribution >= 4 is 18.1 Å². The molecule has 0 spiro atoms. The molecule has 1 amide bonds. The predicted octanol–water partition coefficient (Wildman–Crippen LogP) is 5.21. The van der Waals surface area contributed by atoms with Gasteiger partial charge in [0, 0.05) is 12.6 Å². The van der Waals surface area contributed by atoms with Crippen LogP contribution in [-0.4, -0.2) is 24.2 Å². The molecule has 0 saturated heterocycles. The Kier molecular flexibility index (Phi) is 8.66. The minimum Gasteiger partial charge on any atom is -0.457 e. The van der Waals surface area contributed by atoms with Gasteiger partial charge in [-0.1, -0.05) is 48.5 Å². The fourth-order valence-electron chi connectivity index (χ4n) is 2.93. The first-order chi connectivity index (χ1) is 14.2. The van der Waals surface area contributed by atoms with Crippen molar-refractivity contribution in [1.29, 1.82) is 0 Å². The number of ether oxygens (including phenoxy) is 2. The lowest BCUT2D eigenvalue weighted by Gasteiger charge is -2.18. The lowest BCUT2D eigenvalue weighted by molar-refractivity contribution is -0.148. The van der Waals surface area contributed by atoms with Gasteiger partial charge < -0.3 is 14.8 Å². The molecule has 0 aliphatic carbocycles. The Labute approximate surface area is 179 Å². The third-order valence-electron chi connectivity index (χ3n) is 4.31. The highest BCUT2D eigenvalue weighted by Gasteiger charge is 2.14. The average molecular weight is 410 g/mol. The molecule has 0 saturated carbocycles. The third-order valence-corrected chi connectivity index (χ3v) is 4.31. The quantitative estimate of drug-likeness (QED) is 0.369. The summed E-state index contributed by atoms with van der Waals surface area (Å²) in [4.78, 5) is 23.8. The summed E-state index contributed by atoms with van der Waals surface area (Å²) in [5.41, 5.74) is 3.65. The average Bonchev–Trinajstić information content (AvgIpc) is 2.68. The number of carbonyl (C=O) groups excluding carboxylic acids is 2. The van der Waals surface area contributed by atoms with Crippen molar-refractivity contribution in [1.82, 2.24) is 5.32 Å². The normalized spacial score (nSPS) is 11.3. The van der Waals surface area contributed by atoms with Crippen molar-refractivity contribution < 1.29 is 19.1 Å². The van der Waals surface area contributed by atoms with Crippen molar-refractivity contribution in [2.24, 2.45) is 0 Å². The van der Waals surface area contributed by atoms with Gasteiger partial charge in [-0.15, -0.1) is 0 Å². The molecule has 0 bridgehead atoms. The zero-order valence-corrected chi connectivity index (χ0v) is 18.2. The van der Waals surface area contributed by atoms with Crippen LogP contribution in [0.25, 0.3) is 6.08 Å². The predicted molar refractivity (Wildman–Crippen MR) is 119 cm³/mol. The number of hydrogen-bond acceptors (Lipinski definition) is 4. The van der Waals surface area contributed by atoms with Gasteiger partial charge >= 0.3 is 12.1 Å². The maximum atomic E-state index is 12.0. The van der Waals surface area contributed by atoms with Crippen LogP contribution in [0.4, 0.5) is 4.79 Å². The van der Waals surface area contributed by atoms with E-state index in [4.69, 9.17) is 9.47 Å². The largest absolute Gasteiger partial charge is 0.457 e. The van der Waals surface area contributed by atoms with Crippen LogP contribution in [0.5, 0.6) is 0 Å². The molecule has 0 heterocycles. The molecule has 30 heavy (non-hydrogen) atoms. The molecule has 1 N–H and O–H groups in total. The fourth-order valence-corrected chi connectivity index (χ4v) is 2.93. The van der Waals surface area contributed by atoms with E-state index in [0.717, 1.165) is 35.1 Å². The van der Waals surface area contributed by atoms with Gasteiger partial charge in [0.15, 0.2) is 0 Å². The van der Waals surface area contributed by atoms with Gasteiger partial charge in [-0.25, -0.2) is 9.59 Å². The van der Waals surface area contributed by atoms with Gasteiger partial charge in [-0.05, 0) is 68.9 Å². The lowest BCUT2D eigenvalue weighted by Crippen LogP contribution is -2.25. The highest BCUT2D eigenvalue weighted by atomic mass is 16.6. The van der Waals surface area contributed by atoms with E-state index in [9.17, 15) is 9.59 Å². The van der Waals surface area contributed by atoms with E-state index in [0.29, 0.717) is 6.54 Å². The summed E-state index contributed by atoms with van der Waals surface area (Å²) in [6, 6.07) is 15.6. The molecule has 0 aliphatic rings. The second-order valence-corrected chi connectivity index (χ2v) is 8.11. The molecular formula is C25H31NO4. The summed E-state index contributed by atoms with van der Waals surface area (Å²) in [6.07, 6.45) is 4.38. The number of esters is 1. The second-order valence-electron chi connectivity index (χ2n) is 8.11. The Bertz CT molecular complexity index is 866. The van der Waals surface area contributed by atoms with Crippen molar-refractivity contribution in [2.45, 2.75) is 52.7 Å². The van der Waals surface area contributed by atoms with Gasteiger partial charge in [0.1, 0.15) is 12.2 Å². The number of hydrogen-bond donors (Lipinski definition) is 1. The van der Waals surface area contributed by atoms with Crippen LogP contribution in [0.1, 0.15) is 49.4 Å². The molecule has 0 radical (unpaired) electrons. The van der Waals surface area contributed by atoms with E-state index in [1.807, 2.05) is 76.2 Å². The van der Waals surface area contributed by atoms with Crippen molar-refractivity contribution in [2.75, 3.05) is 6.54 Å². The van der Waals surface area contributed by atoms with Crippen LogP contribution in [0.2, 0.25) is 0 Å². The lowest BCUT2D eigenvalue weighted by atomic mass is 9.98. The van der Waals surface area contributed by atoms with Gasteiger partial charge in [0.25, 0.3) is 0 Å². The Morgan fingerprint density at radius 2 is 1.77 bits per heavy atom. The number of rotatable bonds is 8. The van der Waals surface area contributed by atoms with Crippen molar-refractivity contribution in [3.63, 3.8) is 0 Å². The summed E-state index contributed by atoms with van der Waals surface area (Å²) >= 11 is 0. The van der Waals surface area contributed by atoms with Gasteiger partial charge in [-0.2, -0.15) is 0 Å². The zero-order chi connectivity index (χ0) is 22.0. The monoisotopic (exact) mass is 409 g/mol. The number of aryl methyl sites for hydroxylation is 2. The molecule has 0 aromatic heterocycles. The zero-order valence-electron chi connectivity index (χ0n) is 18.2. The maximum Gasteiger partial charge on any atom is 0.407 e. The molecule has 5 heteroatoms. The van der Waals surface area contributed by atoms with E-state index in [-0.39, 0.29) is 12.6 Å². The summed E-state index contributed by atoms with van der Waals surface area (Å²) in [6.45, 7) is 8.31. The van der Waals surface area contributed by atoms with Crippen LogP contribution in [0.3, 0.4) is 0 Å². The molecule has 2 aromatic carbocycles. The molecular weight excluding hydrogens is 378 g/mol. The van der Waals surface area contributed by atoms with Gasteiger partial charge in [0.2, 0.25) is 0 Å². The Balaban J connectivity index is 1.83. The van der Waals surface area contributed by atoms with E-state index in [1.54, 1.807) is 6.08 Å². The highest BCUT2D eigenvalue weighted by molar-refractivity contribution is 5.87. The first-order valence-corrected chi connectivity index (χ1v) is 10.2. The van der Waals surface area contributed by atoms with Gasteiger partial charge in [0.05, 0.1) is 0 Å². The standard InChI is InChI=1S/C25H31NO4/c1-19-10-8-13-21(22(19)15-16-23(27)30-25(2,3)4)14-9-17-26-24(28)29-18-20-11-6-5-7-12-20/h5-8,10-13,15-16H,9,14,17-18H2,1-4H3,(H,26,28)/b16-15+. The summed E-state index contributed by atoms with van der Waals surface area (Å²) < 4.78 is 10.5. The van der Waals surface area contributed by atoms with Crippen LogP contribution in [0, 0.1) is 6.92 Å². The SMILES string of the molecule is Cc1cccc(CCCNC(=O)OCc2ccccc2)c1/C=C/C(=O)OC(C)(C)C.